The molecule has 23 heavy (non-hydrogen) atoms. The van der Waals surface area contributed by atoms with Crippen molar-refractivity contribution in [1.29, 1.82) is 0 Å². The first kappa shape index (κ1) is 15.1. The molecule has 0 unspecified atom stereocenters. The highest BCUT2D eigenvalue weighted by molar-refractivity contribution is 6.31. The van der Waals surface area contributed by atoms with Crippen LogP contribution in [0, 0.1) is 0 Å². The average molecular weight is 329 g/mol. The monoisotopic (exact) mass is 328 g/mol. The highest BCUT2D eigenvalue weighted by Gasteiger charge is 2.13. The van der Waals surface area contributed by atoms with E-state index >= 15 is 0 Å². The van der Waals surface area contributed by atoms with E-state index in [1.165, 1.54) is 12.1 Å². The maximum atomic E-state index is 12.0. The van der Waals surface area contributed by atoms with Gasteiger partial charge in [-0.05, 0) is 18.2 Å². The van der Waals surface area contributed by atoms with Gasteiger partial charge in [-0.15, -0.1) is 0 Å². The standard InChI is InChI=1S/C17H13ClN2O3/c18-12-6-7-14(15(19)8-12)17(21)22-10-13-9-16(20-23-13)11-4-2-1-3-5-11/h1-9H,10,19H2. The van der Waals surface area contributed by atoms with Gasteiger partial charge >= 0.3 is 5.97 Å². The minimum absolute atomic E-state index is 0.0271. The number of anilines is 1. The van der Waals surface area contributed by atoms with Crippen molar-refractivity contribution >= 4 is 23.3 Å². The predicted octanol–water partition coefficient (Wildman–Crippen LogP) is 3.93. The molecule has 0 atom stereocenters. The van der Waals surface area contributed by atoms with Crippen molar-refractivity contribution < 1.29 is 14.1 Å². The highest BCUT2D eigenvalue weighted by atomic mass is 35.5. The van der Waals surface area contributed by atoms with Crippen LogP contribution in [0.15, 0.2) is 59.1 Å². The van der Waals surface area contributed by atoms with Crippen LogP contribution in [0.3, 0.4) is 0 Å². The van der Waals surface area contributed by atoms with E-state index in [4.69, 9.17) is 26.6 Å². The van der Waals surface area contributed by atoms with Gasteiger partial charge in [-0.3, -0.25) is 0 Å². The number of rotatable bonds is 4. The molecule has 116 valence electrons. The number of nitrogens with two attached hydrogens (primary N) is 1. The lowest BCUT2D eigenvalue weighted by Gasteiger charge is -2.05. The van der Waals surface area contributed by atoms with E-state index in [0.29, 0.717) is 16.5 Å². The molecule has 0 saturated carbocycles. The Morgan fingerprint density at radius 3 is 2.70 bits per heavy atom. The van der Waals surface area contributed by atoms with Crippen molar-refractivity contribution in [2.24, 2.45) is 0 Å². The van der Waals surface area contributed by atoms with Crippen molar-refractivity contribution in [3.8, 4) is 11.3 Å². The first-order chi connectivity index (χ1) is 11.1. The smallest absolute Gasteiger partial charge is 0.340 e. The molecule has 0 bridgehead atoms. The molecule has 6 heteroatoms. The molecule has 0 spiro atoms. The second-order valence-electron chi connectivity index (χ2n) is 4.85. The molecule has 2 aromatic carbocycles. The van der Waals surface area contributed by atoms with E-state index in [2.05, 4.69) is 5.16 Å². The Morgan fingerprint density at radius 1 is 1.17 bits per heavy atom. The number of hydrogen-bond donors (Lipinski definition) is 1. The number of benzene rings is 2. The molecular weight excluding hydrogens is 316 g/mol. The van der Waals surface area contributed by atoms with Gasteiger partial charge in [-0.25, -0.2) is 4.79 Å². The van der Waals surface area contributed by atoms with E-state index in [1.807, 2.05) is 30.3 Å². The SMILES string of the molecule is Nc1cc(Cl)ccc1C(=O)OCc1cc(-c2ccccc2)no1. The largest absolute Gasteiger partial charge is 0.454 e. The minimum atomic E-state index is -0.545. The zero-order valence-electron chi connectivity index (χ0n) is 12.0. The zero-order valence-corrected chi connectivity index (χ0v) is 12.8. The maximum Gasteiger partial charge on any atom is 0.340 e. The number of ether oxygens (including phenoxy) is 1. The van der Waals surface area contributed by atoms with Gasteiger partial charge in [-0.1, -0.05) is 47.1 Å². The molecule has 0 aliphatic rings. The van der Waals surface area contributed by atoms with Gasteiger partial charge < -0.3 is 15.0 Å². The van der Waals surface area contributed by atoms with Gasteiger partial charge in [0.15, 0.2) is 12.4 Å². The first-order valence-electron chi connectivity index (χ1n) is 6.86. The number of halogens is 1. The van der Waals surface area contributed by atoms with Gasteiger partial charge in [0.1, 0.15) is 5.69 Å². The highest BCUT2D eigenvalue weighted by Crippen LogP contribution is 2.21. The maximum absolute atomic E-state index is 12.0. The Hall–Kier alpha value is -2.79. The lowest BCUT2D eigenvalue weighted by atomic mass is 10.1. The Labute approximate surface area is 137 Å². The molecule has 0 fully saturated rings. The Kier molecular flexibility index (Phi) is 4.30. The minimum Gasteiger partial charge on any atom is -0.454 e. The molecule has 3 aromatic rings. The second kappa shape index (κ2) is 6.54. The molecule has 0 saturated heterocycles. The van der Waals surface area contributed by atoms with Crippen molar-refractivity contribution in [3.05, 3.63) is 70.9 Å². The molecule has 0 radical (unpaired) electrons. The second-order valence-corrected chi connectivity index (χ2v) is 5.29. The normalized spacial score (nSPS) is 10.5. The van der Waals surface area contributed by atoms with Gasteiger partial charge in [0.05, 0.1) is 5.56 Å². The number of carbonyl (C=O) groups is 1. The summed E-state index contributed by atoms with van der Waals surface area (Å²) >= 11 is 5.80. The van der Waals surface area contributed by atoms with E-state index in [0.717, 1.165) is 5.56 Å². The molecule has 1 aromatic heterocycles. The van der Waals surface area contributed by atoms with Crippen molar-refractivity contribution in [2.45, 2.75) is 6.61 Å². The fourth-order valence-electron chi connectivity index (χ4n) is 2.06. The van der Waals surface area contributed by atoms with Gasteiger partial charge in [0.2, 0.25) is 0 Å². The molecule has 0 aliphatic carbocycles. The molecule has 5 nitrogen and oxygen atoms in total. The lowest BCUT2D eigenvalue weighted by molar-refractivity contribution is 0.0438. The van der Waals surface area contributed by atoms with Crippen LogP contribution in [0.1, 0.15) is 16.1 Å². The summed E-state index contributed by atoms with van der Waals surface area (Å²) in [5, 5.41) is 4.42. The average Bonchev–Trinajstić information content (AvgIpc) is 3.02. The summed E-state index contributed by atoms with van der Waals surface area (Å²) in [7, 11) is 0. The number of nitrogen functional groups attached to an aromatic ring is 1. The summed E-state index contributed by atoms with van der Waals surface area (Å²) in [5.41, 5.74) is 7.89. The van der Waals surface area contributed by atoms with Crippen LogP contribution in [-0.4, -0.2) is 11.1 Å². The number of hydrogen-bond acceptors (Lipinski definition) is 5. The number of carbonyl (C=O) groups excluding carboxylic acids is 1. The van der Waals surface area contributed by atoms with Crippen LogP contribution in [0.2, 0.25) is 5.02 Å². The molecule has 0 amide bonds. The summed E-state index contributed by atoms with van der Waals surface area (Å²) in [6, 6.07) is 15.9. The molecule has 1 heterocycles. The third-order valence-corrected chi connectivity index (χ3v) is 3.44. The summed E-state index contributed by atoms with van der Waals surface area (Å²) in [4.78, 5) is 12.0. The van der Waals surface area contributed by atoms with E-state index < -0.39 is 5.97 Å². The van der Waals surface area contributed by atoms with Gasteiger partial charge in [0.25, 0.3) is 0 Å². The first-order valence-corrected chi connectivity index (χ1v) is 7.24. The van der Waals surface area contributed by atoms with Crippen molar-refractivity contribution in [1.82, 2.24) is 5.16 Å². The quantitative estimate of drug-likeness (QED) is 0.580. The fraction of sp³-hybridized carbons (Fsp3) is 0.0588. The fourth-order valence-corrected chi connectivity index (χ4v) is 2.24. The van der Waals surface area contributed by atoms with E-state index in [1.54, 1.807) is 12.1 Å². The summed E-state index contributed by atoms with van der Waals surface area (Å²) in [5.74, 6) is -0.0958. The number of nitrogens with zero attached hydrogens (tertiary/aromatic N) is 1. The Bertz CT molecular complexity index is 831. The summed E-state index contributed by atoms with van der Waals surface area (Å²) < 4.78 is 10.4. The predicted molar refractivity (Wildman–Crippen MR) is 86.9 cm³/mol. The number of aromatic nitrogens is 1. The van der Waals surface area contributed by atoms with Crippen molar-refractivity contribution in [3.63, 3.8) is 0 Å². The van der Waals surface area contributed by atoms with Crippen molar-refractivity contribution in [2.75, 3.05) is 5.73 Å². The lowest BCUT2D eigenvalue weighted by Crippen LogP contribution is -2.07. The van der Waals surface area contributed by atoms with Crippen LogP contribution in [0.5, 0.6) is 0 Å². The van der Waals surface area contributed by atoms with Crippen LogP contribution in [-0.2, 0) is 11.3 Å². The Balaban J connectivity index is 1.67. The van der Waals surface area contributed by atoms with E-state index in [9.17, 15) is 4.79 Å². The zero-order chi connectivity index (χ0) is 16.2. The van der Waals surface area contributed by atoms with Gasteiger partial charge in [-0.2, -0.15) is 0 Å². The molecule has 0 aliphatic heterocycles. The van der Waals surface area contributed by atoms with Crippen LogP contribution in [0.4, 0.5) is 5.69 Å². The van der Waals surface area contributed by atoms with Gasteiger partial charge in [0, 0.05) is 22.3 Å². The molecule has 3 rings (SSSR count). The third-order valence-electron chi connectivity index (χ3n) is 3.21. The third kappa shape index (κ3) is 3.52. The Morgan fingerprint density at radius 2 is 1.96 bits per heavy atom. The topological polar surface area (TPSA) is 78.4 Å². The van der Waals surface area contributed by atoms with E-state index in [-0.39, 0.29) is 17.9 Å². The van der Waals surface area contributed by atoms with Crippen LogP contribution >= 0.6 is 11.6 Å². The summed E-state index contributed by atoms with van der Waals surface area (Å²) in [6.45, 7) is -0.0271. The molecule has 2 N–H and O–H groups in total. The summed E-state index contributed by atoms with van der Waals surface area (Å²) in [6.07, 6.45) is 0. The number of esters is 1. The molecular formula is C17H13ClN2O3. The van der Waals surface area contributed by atoms with Crippen LogP contribution in [0.25, 0.3) is 11.3 Å². The van der Waals surface area contributed by atoms with Crippen LogP contribution < -0.4 is 5.73 Å².